The molecule has 146 valence electrons. The fourth-order valence-corrected chi connectivity index (χ4v) is 3.95. The molecule has 1 aliphatic rings. The Morgan fingerprint density at radius 2 is 2.04 bits per heavy atom. The minimum absolute atomic E-state index is 0.0151. The quantitative estimate of drug-likeness (QED) is 0.708. The Hall–Kier alpha value is -2.91. The van der Waals surface area contributed by atoms with Crippen molar-refractivity contribution in [2.45, 2.75) is 13.5 Å². The van der Waals surface area contributed by atoms with Crippen LogP contribution in [0, 0.1) is 6.92 Å². The maximum absolute atomic E-state index is 12.8. The first-order chi connectivity index (χ1) is 13.6. The molecular formula is C19H20N4O4S. The molecule has 0 saturated carbocycles. The molecule has 0 aliphatic carbocycles. The first kappa shape index (κ1) is 18.5. The first-order valence-corrected chi connectivity index (χ1v) is 9.78. The van der Waals surface area contributed by atoms with Gasteiger partial charge in [-0.1, -0.05) is 5.16 Å². The Morgan fingerprint density at radius 3 is 2.71 bits per heavy atom. The summed E-state index contributed by atoms with van der Waals surface area (Å²) >= 11 is 1.26. The lowest BCUT2D eigenvalue weighted by atomic mass is 10.2. The van der Waals surface area contributed by atoms with Crippen LogP contribution < -0.4 is 5.32 Å². The van der Waals surface area contributed by atoms with Gasteiger partial charge in [0.05, 0.1) is 28.4 Å². The van der Waals surface area contributed by atoms with Gasteiger partial charge in [0.25, 0.3) is 11.8 Å². The highest BCUT2D eigenvalue weighted by atomic mass is 32.1. The molecule has 28 heavy (non-hydrogen) atoms. The zero-order valence-corrected chi connectivity index (χ0v) is 16.2. The summed E-state index contributed by atoms with van der Waals surface area (Å²) in [7, 11) is 0. The number of amides is 2. The summed E-state index contributed by atoms with van der Waals surface area (Å²) < 4.78 is 10.3. The number of rotatable bonds is 5. The Bertz CT molecular complexity index is 954. The normalized spacial score (nSPS) is 15.0. The van der Waals surface area contributed by atoms with Crippen LogP contribution in [-0.2, 0) is 6.54 Å². The third-order valence-electron chi connectivity index (χ3n) is 4.51. The molecular weight excluding hydrogens is 380 g/mol. The second-order valence-electron chi connectivity index (χ2n) is 6.60. The monoisotopic (exact) mass is 400 g/mol. The molecule has 0 aromatic carbocycles. The third-order valence-corrected chi connectivity index (χ3v) is 5.50. The molecule has 8 nitrogen and oxygen atoms in total. The summed E-state index contributed by atoms with van der Waals surface area (Å²) in [4.78, 5) is 29.5. The lowest BCUT2D eigenvalue weighted by Crippen LogP contribution is -2.48. The number of anilines is 1. The minimum Gasteiger partial charge on any atom is -0.459 e. The number of furan rings is 1. The van der Waals surface area contributed by atoms with E-state index in [2.05, 4.69) is 15.4 Å². The van der Waals surface area contributed by atoms with Crippen LogP contribution in [0.3, 0.4) is 0 Å². The molecule has 1 saturated heterocycles. The molecule has 0 atom stereocenters. The Labute approximate surface area is 165 Å². The Kier molecular flexibility index (Phi) is 5.27. The fraction of sp³-hybridized carbons (Fsp3) is 0.316. The summed E-state index contributed by atoms with van der Waals surface area (Å²) in [6, 6.07) is 8.66. The van der Waals surface area contributed by atoms with Crippen molar-refractivity contribution in [3.8, 4) is 0 Å². The van der Waals surface area contributed by atoms with Gasteiger partial charge in [0, 0.05) is 32.2 Å². The SMILES string of the molecule is Cc1cc(CN2CCN(C(=O)c3ccc(NC(=O)c4ccco4)s3)CC2)on1. The largest absolute Gasteiger partial charge is 0.459 e. The van der Waals surface area contributed by atoms with Crippen molar-refractivity contribution in [1.29, 1.82) is 0 Å². The number of carbonyl (C=O) groups is 2. The topological polar surface area (TPSA) is 91.8 Å². The molecule has 4 heterocycles. The van der Waals surface area contributed by atoms with Gasteiger partial charge in [-0.15, -0.1) is 11.3 Å². The number of nitrogens with one attached hydrogen (secondary N) is 1. The van der Waals surface area contributed by atoms with Gasteiger partial charge in [-0.25, -0.2) is 0 Å². The van der Waals surface area contributed by atoms with E-state index >= 15 is 0 Å². The molecule has 0 unspecified atom stereocenters. The van der Waals surface area contributed by atoms with E-state index in [0.717, 1.165) is 24.5 Å². The van der Waals surface area contributed by atoms with Gasteiger partial charge in [0.1, 0.15) is 0 Å². The van der Waals surface area contributed by atoms with E-state index in [1.807, 2.05) is 17.9 Å². The van der Waals surface area contributed by atoms with E-state index in [1.165, 1.54) is 17.6 Å². The van der Waals surface area contributed by atoms with E-state index in [1.54, 1.807) is 24.3 Å². The summed E-state index contributed by atoms with van der Waals surface area (Å²) in [5, 5.41) is 7.27. The number of carbonyl (C=O) groups excluding carboxylic acids is 2. The van der Waals surface area contributed by atoms with Crippen LogP contribution in [0.1, 0.15) is 31.7 Å². The fourth-order valence-electron chi connectivity index (χ4n) is 3.08. The number of thiophene rings is 1. The lowest BCUT2D eigenvalue weighted by Gasteiger charge is -2.33. The summed E-state index contributed by atoms with van der Waals surface area (Å²) in [5.74, 6) is 0.729. The molecule has 4 rings (SSSR count). The maximum Gasteiger partial charge on any atom is 0.291 e. The number of hydrogen-bond acceptors (Lipinski definition) is 7. The van der Waals surface area contributed by atoms with Crippen LogP contribution >= 0.6 is 11.3 Å². The number of aryl methyl sites for hydroxylation is 1. The molecule has 3 aromatic heterocycles. The van der Waals surface area contributed by atoms with Crippen LogP contribution in [0.15, 0.2) is 45.5 Å². The minimum atomic E-state index is -0.331. The second-order valence-corrected chi connectivity index (χ2v) is 7.68. The molecule has 0 radical (unpaired) electrons. The van der Waals surface area contributed by atoms with Crippen molar-refractivity contribution < 1.29 is 18.5 Å². The van der Waals surface area contributed by atoms with Gasteiger partial charge in [0.15, 0.2) is 11.5 Å². The van der Waals surface area contributed by atoms with Crippen molar-refractivity contribution in [3.05, 3.63) is 58.7 Å². The van der Waals surface area contributed by atoms with Gasteiger partial charge >= 0.3 is 0 Å². The lowest BCUT2D eigenvalue weighted by molar-refractivity contribution is 0.0622. The second kappa shape index (κ2) is 7.99. The molecule has 1 fully saturated rings. The highest BCUT2D eigenvalue weighted by Crippen LogP contribution is 2.24. The molecule has 0 bridgehead atoms. The van der Waals surface area contributed by atoms with Crippen LogP contribution in [0.25, 0.3) is 0 Å². The van der Waals surface area contributed by atoms with E-state index in [9.17, 15) is 9.59 Å². The Balaban J connectivity index is 1.30. The predicted molar refractivity (Wildman–Crippen MR) is 103 cm³/mol. The van der Waals surface area contributed by atoms with Crippen LogP contribution in [0.4, 0.5) is 5.00 Å². The number of hydrogen-bond donors (Lipinski definition) is 1. The van der Waals surface area contributed by atoms with Crippen LogP contribution in [0.5, 0.6) is 0 Å². The van der Waals surface area contributed by atoms with E-state index in [0.29, 0.717) is 29.5 Å². The molecule has 1 aliphatic heterocycles. The van der Waals surface area contributed by atoms with Crippen LogP contribution in [0.2, 0.25) is 0 Å². The average molecular weight is 400 g/mol. The van der Waals surface area contributed by atoms with Crippen molar-refractivity contribution >= 4 is 28.2 Å². The summed E-state index contributed by atoms with van der Waals surface area (Å²) in [6.07, 6.45) is 1.45. The number of piperazine rings is 1. The standard InChI is InChI=1S/C19H20N4O4S/c1-13-11-14(27-21-13)12-22-6-8-23(9-7-22)19(25)16-4-5-17(28-16)20-18(24)15-3-2-10-26-15/h2-5,10-11H,6-9,12H2,1H3,(H,20,24). The molecule has 3 aromatic rings. The highest BCUT2D eigenvalue weighted by molar-refractivity contribution is 7.18. The summed E-state index contributed by atoms with van der Waals surface area (Å²) in [6.45, 7) is 5.45. The molecule has 1 N–H and O–H groups in total. The van der Waals surface area contributed by atoms with Crippen molar-refractivity contribution in [2.24, 2.45) is 0 Å². The zero-order valence-electron chi connectivity index (χ0n) is 15.4. The van der Waals surface area contributed by atoms with Gasteiger partial charge in [-0.3, -0.25) is 14.5 Å². The highest BCUT2D eigenvalue weighted by Gasteiger charge is 2.24. The van der Waals surface area contributed by atoms with Crippen molar-refractivity contribution in [1.82, 2.24) is 15.0 Å². The van der Waals surface area contributed by atoms with Gasteiger partial charge in [0.2, 0.25) is 0 Å². The van der Waals surface area contributed by atoms with Crippen molar-refractivity contribution in [2.75, 3.05) is 31.5 Å². The number of nitrogens with zero attached hydrogens (tertiary/aromatic N) is 3. The predicted octanol–water partition coefficient (Wildman–Crippen LogP) is 2.85. The van der Waals surface area contributed by atoms with Gasteiger partial charge in [-0.05, 0) is 31.2 Å². The van der Waals surface area contributed by atoms with Crippen LogP contribution in [-0.4, -0.2) is 52.9 Å². The first-order valence-electron chi connectivity index (χ1n) is 8.97. The summed E-state index contributed by atoms with van der Waals surface area (Å²) in [5.41, 5.74) is 0.872. The Morgan fingerprint density at radius 1 is 1.21 bits per heavy atom. The van der Waals surface area contributed by atoms with E-state index in [4.69, 9.17) is 8.94 Å². The van der Waals surface area contributed by atoms with E-state index in [-0.39, 0.29) is 17.6 Å². The molecule has 2 amide bonds. The molecule has 0 spiro atoms. The number of aromatic nitrogens is 1. The van der Waals surface area contributed by atoms with E-state index < -0.39 is 0 Å². The third kappa shape index (κ3) is 4.15. The van der Waals surface area contributed by atoms with Crippen molar-refractivity contribution in [3.63, 3.8) is 0 Å². The smallest absolute Gasteiger partial charge is 0.291 e. The maximum atomic E-state index is 12.8. The zero-order chi connectivity index (χ0) is 19.5. The molecule has 9 heteroatoms. The van der Waals surface area contributed by atoms with Gasteiger partial charge < -0.3 is 19.2 Å². The van der Waals surface area contributed by atoms with Gasteiger partial charge in [-0.2, -0.15) is 0 Å². The average Bonchev–Trinajstić information content (AvgIpc) is 3.44.